The molecule has 0 aliphatic carbocycles. The quantitative estimate of drug-likeness (QED) is 0.371. The van der Waals surface area contributed by atoms with E-state index in [9.17, 15) is 13.2 Å². The van der Waals surface area contributed by atoms with E-state index >= 15 is 0 Å². The van der Waals surface area contributed by atoms with Gasteiger partial charge in [-0.3, -0.25) is 9.52 Å². The number of carbonyl (C=O) groups excluding carboxylic acids is 1. The topological polar surface area (TPSA) is 117 Å². The zero-order valence-corrected chi connectivity index (χ0v) is 18.4. The number of anilines is 2. The van der Waals surface area contributed by atoms with Crippen LogP contribution in [-0.4, -0.2) is 35.5 Å². The van der Waals surface area contributed by atoms with E-state index in [4.69, 9.17) is 0 Å². The molecule has 4 aromatic rings. The first kappa shape index (κ1) is 21.0. The number of benzene rings is 2. The van der Waals surface area contributed by atoms with Gasteiger partial charge in [-0.15, -0.1) is 11.3 Å². The normalized spacial score (nSPS) is 11.5. The van der Waals surface area contributed by atoms with Gasteiger partial charge in [-0.2, -0.15) is 0 Å². The van der Waals surface area contributed by atoms with Crippen LogP contribution >= 0.6 is 11.3 Å². The van der Waals surface area contributed by atoms with Crippen LogP contribution in [-0.2, 0) is 21.2 Å². The van der Waals surface area contributed by atoms with Gasteiger partial charge in [0.1, 0.15) is 5.82 Å². The minimum atomic E-state index is -3.31. The maximum Gasteiger partial charge on any atom is 0.229 e. The molecule has 0 aliphatic rings. The third-order valence-electron chi connectivity index (χ3n) is 4.49. The van der Waals surface area contributed by atoms with Gasteiger partial charge >= 0.3 is 0 Å². The lowest BCUT2D eigenvalue weighted by atomic mass is 10.1. The fourth-order valence-electron chi connectivity index (χ4n) is 3.11. The Morgan fingerprint density at radius 1 is 1.10 bits per heavy atom. The van der Waals surface area contributed by atoms with Crippen LogP contribution in [0.25, 0.3) is 22.3 Å². The molecule has 0 bridgehead atoms. The average Bonchev–Trinajstić information content (AvgIpc) is 3.34. The predicted octanol–water partition coefficient (Wildman–Crippen LogP) is 4.02. The minimum Gasteiger partial charge on any atom is -0.342 e. The van der Waals surface area contributed by atoms with Crippen LogP contribution in [0.2, 0.25) is 0 Å². The maximum atomic E-state index is 12.3. The highest BCUT2D eigenvalue weighted by atomic mass is 32.2. The van der Waals surface area contributed by atoms with E-state index in [1.54, 1.807) is 24.3 Å². The summed E-state index contributed by atoms with van der Waals surface area (Å²) in [6.07, 6.45) is 2.85. The van der Waals surface area contributed by atoms with Crippen molar-refractivity contribution in [1.82, 2.24) is 15.0 Å². The van der Waals surface area contributed by atoms with Crippen LogP contribution in [0.5, 0.6) is 0 Å². The maximum absolute atomic E-state index is 12.3. The van der Waals surface area contributed by atoms with Crippen molar-refractivity contribution in [2.24, 2.45) is 0 Å². The van der Waals surface area contributed by atoms with Gasteiger partial charge in [0.05, 0.1) is 23.0 Å². The molecule has 4 rings (SSSR count). The van der Waals surface area contributed by atoms with Crippen molar-refractivity contribution in [3.05, 3.63) is 59.7 Å². The number of nitrogens with zero attached hydrogens (tertiary/aromatic N) is 2. The number of aromatic nitrogens is 3. The Balaban J connectivity index is 1.29. The van der Waals surface area contributed by atoms with Crippen LogP contribution in [0.1, 0.15) is 18.7 Å². The molecule has 160 valence electrons. The van der Waals surface area contributed by atoms with E-state index in [1.807, 2.05) is 29.6 Å². The molecule has 0 unspecified atom stereocenters. The van der Waals surface area contributed by atoms with Crippen molar-refractivity contribution in [2.75, 3.05) is 16.3 Å². The smallest absolute Gasteiger partial charge is 0.229 e. The van der Waals surface area contributed by atoms with Crippen molar-refractivity contribution < 1.29 is 13.2 Å². The molecule has 3 N–H and O–H groups in total. The molecule has 2 heterocycles. The highest BCUT2D eigenvalue weighted by Crippen LogP contribution is 2.26. The highest BCUT2D eigenvalue weighted by molar-refractivity contribution is 7.92. The van der Waals surface area contributed by atoms with E-state index in [2.05, 4.69) is 25.0 Å². The Labute approximate surface area is 183 Å². The summed E-state index contributed by atoms with van der Waals surface area (Å²) < 4.78 is 25.0. The largest absolute Gasteiger partial charge is 0.342 e. The van der Waals surface area contributed by atoms with Gasteiger partial charge in [0, 0.05) is 29.5 Å². The van der Waals surface area contributed by atoms with Crippen LogP contribution in [0.15, 0.2) is 53.9 Å². The number of rotatable bonds is 8. The Kier molecular flexibility index (Phi) is 6.01. The number of hydrogen-bond acceptors (Lipinski definition) is 6. The minimum absolute atomic E-state index is 0.0929. The summed E-state index contributed by atoms with van der Waals surface area (Å²) in [6.45, 7) is 0. The summed E-state index contributed by atoms with van der Waals surface area (Å²) in [5, 5.41) is 5.21. The average molecular weight is 456 g/mol. The number of hydrogen-bond donors (Lipinski definition) is 3. The lowest BCUT2D eigenvalue weighted by Gasteiger charge is -2.04. The second kappa shape index (κ2) is 8.86. The monoisotopic (exact) mass is 455 g/mol. The SMILES string of the molecule is CS(=O)(=O)Nc1ccc(-c2csc(NC(=O)CCCc3nc4ccccc4[nH]3)n2)cc1. The highest BCUT2D eigenvalue weighted by Gasteiger charge is 2.10. The molecule has 0 atom stereocenters. The molecule has 0 saturated heterocycles. The van der Waals surface area contributed by atoms with Gasteiger partial charge in [0.25, 0.3) is 0 Å². The molecule has 0 radical (unpaired) electrons. The molecule has 31 heavy (non-hydrogen) atoms. The van der Waals surface area contributed by atoms with E-state index in [1.165, 1.54) is 11.3 Å². The molecular weight excluding hydrogens is 434 g/mol. The summed E-state index contributed by atoms with van der Waals surface area (Å²) >= 11 is 1.35. The van der Waals surface area contributed by atoms with Gasteiger partial charge in [-0.05, 0) is 30.7 Å². The Bertz CT molecular complexity index is 1280. The summed E-state index contributed by atoms with van der Waals surface area (Å²) in [5.74, 6) is 0.782. The number of sulfonamides is 1. The van der Waals surface area contributed by atoms with E-state index < -0.39 is 10.0 Å². The third kappa shape index (κ3) is 5.68. The lowest BCUT2D eigenvalue weighted by Crippen LogP contribution is -2.11. The molecule has 2 aromatic carbocycles. The predicted molar refractivity (Wildman–Crippen MR) is 124 cm³/mol. The number of thiazole rings is 1. The molecule has 0 saturated carbocycles. The number of carbonyl (C=O) groups is 1. The molecule has 0 spiro atoms. The number of aryl methyl sites for hydroxylation is 1. The molecule has 8 nitrogen and oxygen atoms in total. The molecule has 1 amide bonds. The van der Waals surface area contributed by atoms with Crippen molar-refractivity contribution in [3.63, 3.8) is 0 Å². The summed E-state index contributed by atoms with van der Waals surface area (Å²) in [6, 6.07) is 14.7. The third-order valence-corrected chi connectivity index (χ3v) is 5.85. The van der Waals surface area contributed by atoms with Crippen LogP contribution in [0, 0.1) is 0 Å². The van der Waals surface area contributed by atoms with Crippen molar-refractivity contribution >= 4 is 49.1 Å². The van der Waals surface area contributed by atoms with E-state index in [0.29, 0.717) is 35.8 Å². The van der Waals surface area contributed by atoms with E-state index in [0.717, 1.165) is 28.7 Å². The number of imidazole rings is 1. The summed E-state index contributed by atoms with van der Waals surface area (Å²) in [4.78, 5) is 24.5. The van der Waals surface area contributed by atoms with Crippen LogP contribution in [0.3, 0.4) is 0 Å². The van der Waals surface area contributed by atoms with Crippen LogP contribution < -0.4 is 10.0 Å². The fourth-order valence-corrected chi connectivity index (χ4v) is 4.41. The van der Waals surface area contributed by atoms with Gasteiger partial charge in [0.2, 0.25) is 15.9 Å². The number of fused-ring (bicyclic) bond motifs is 1. The Morgan fingerprint density at radius 3 is 2.61 bits per heavy atom. The zero-order valence-electron chi connectivity index (χ0n) is 16.8. The second-order valence-corrected chi connectivity index (χ2v) is 9.70. The molecule has 10 heteroatoms. The first-order valence-electron chi connectivity index (χ1n) is 9.63. The molecule has 0 fully saturated rings. The lowest BCUT2D eigenvalue weighted by molar-refractivity contribution is -0.116. The standard InChI is InChI=1S/C21H21N5O3S2/c1-31(28,29)26-15-11-9-14(10-12-15)18-13-30-21(24-18)25-20(27)8-4-7-19-22-16-5-2-3-6-17(16)23-19/h2-3,5-6,9-13,26H,4,7-8H2,1H3,(H,22,23)(H,24,25,27). The first-order valence-corrected chi connectivity index (χ1v) is 12.4. The summed E-state index contributed by atoms with van der Waals surface area (Å²) in [7, 11) is -3.31. The number of nitrogens with one attached hydrogen (secondary N) is 3. The van der Waals surface area contributed by atoms with Gasteiger partial charge in [0.15, 0.2) is 5.13 Å². The number of aromatic amines is 1. The van der Waals surface area contributed by atoms with Crippen molar-refractivity contribution in [2.45, 2.75) is 19.3 Å². The van der Waals surface area contributed by atoms with E-state index in [-0.39, 0.29) is 5.91 Å². The number of amides is 1. The summed E-state index contributed by atoms with van der Waals surface area (Å²) in [5.41, 5.74) is 3.96. The van der Waals surface area contributed by atoms with Gasteiger partial charge < -0.3 is 10.3 Å². The number of H-pyrrole nitrogens is 1. The number of para-hydroxylation sites is 2. The van der Waals surface area contributed by atoms with Crippen molar-refractivity contribution in [1.29, 1.82) is 0 Å². The Morgan fingerprint density at radius 2 is 1.87 bits per heavy atom. The molecule has 0 aliphatic heterocycles. The second-order valence-electron chi connectivity index (χ2n) is 7.09. The zero-order chi connectivity index (χ0) is 21.8. The van der Waals surface area contributed by atoms with Gasteiger partial charge in [-0.25, -0.2) is 18.4 Å². The van der Waals surface area contributed by atoms with Gasteiger partial charge in [-0.1, -0.05) is 24.3 Å². The Hall–Kier alpha value is -3.24. The van der Waals surface area contributed by atoms with Crippen LogP contribution in [0.4, 0.5) is 10.8 Å². The molecular formula is C21H21N5O3S2. The first-order chi connectivity index (χ1) is 14.9. The fraction of sp³-hybridized carbons (Fsp3) is 0.190. The van der Waals surface area contributed by atoms with Crippen molar-refractivity contribution in [3.8, 4) is 11.3 Å². The molecule has 2 aromatic heterocycles.